The summed E-state index contributed by atoms with van der Waals surface area (Å²) in [6, 6.07) is 21.0. The largest absolute Gasteiger partial charge is 0.113 e. The topological polar surface area (TPSA) is 0 Å². The van der Waals surface area contributed by atoms with Crippen LogP contribution in [0.4, 0.5) is 0 Å². The second-order valence-electron chi connectivity index (χ2n) is 4.07. The third-order valence-electron chi connectivity index (χ3n) is 2.55. The van der Waals surface area contributed by atoms with E-state index >= 15 is 0 Å². The number of thioether (sulfide) groups is 1. The molecule has 0 radical (unpaired) electrons. The maximum atomic E-state index is 4.11. The first-order chi connectivity index (χ1) is 8.27. The zero-order valence-corrected chi connectivity index (χ0v) is 10.8. The van der Waals surface area contributed by atoms with E-state index in [1.165, 1.54) is 16.0 Å². The first-order valence-corrected chi connectivity index (χ1v) is 6.57. The Bertz CT molecular complexity index is 473. The predicted molar refractivity (Wildman–Crippen MR) is 76.3 cm³/mol. The fraction of sp³-hybridized carbons (Fsp3) is 0.125. The standard InChI is InChI=1S/C16H16S/c1-13(2)16(14-9-5-3-6-10-14)17-15-11-7-4-8-12-15/h3-12,16H,1H2,2H3. The molecule has 0 aliphatic rings. The van der Waals surface area contributed by atoms with Gasteiger partial charge in [0, 0.05) is 4.90 Å². The van der Waals surface area contributed by atoms with Crippen molar-refractivity contribution in [3.63, 3.8) is 0 Å². The van der Waals surface area contributed by atoms with Gasteiger partial charge in [-0.25, -0.2) is 0 Å². The van der Waals surface area contributed by atoms with E-state index < -0.39 is 0 Å². The van der Waals surface area contributed by atoms with Gasteiger partial charge in [0.05, 0.1) is 5.25 Å². The molecule has 0 saturated carbocycles. The van der Waals surface area contributed by atoms with Gasteiger partial charge in [-0.2, -0.15) is 0 Å². The normalized spacial score (nSPS) is 12.1. The zero-order valence-electron chi connectivity index (χ0n) is 9.97. The van der Waals surface area contributed by atoms with Gasteiger partial charge >= 0.3 is 0 Å². The van der Waals surface area contributed by atoms with Crippen LogP contribution in [-0.2, 0) is 0 Å². The number of hydrogen-bond donors (Lipinski definition) is 0. The Balaban J connectivity index is 2.23. The lowest BCUT2D eigenvalue weighted by Gasteiger charge is -2.17. The zero-order chi connectivity index (χ0) is 12.1. The molecular formula is C16H16S. The molecule has 2 aromatic rings. The lowest BCUT2D eigenvalue weighted by Crippen LogP contribution is -1.94. The average molecular weight is 240 g/mol. The van der Waals surface area contributed by atoms with Crippen molar-refractivity contribution in [3.8, 4) is 0 Å². The second kappa shape index (κ2) is 5.74. The monoisotopic (exact) mass is 240 g/mol. The van der Waals surface area contributed by atoms with Crippen molar-refractivity contribution in [2.45, 2.75) is 17.1 Å². The smallest absolute Gasteiger partial charge is 0.0548 e. The Morgan fingerprint density at radius 2 is 1.47 bits per heavy atom. The van der Waals surface area contributed by atoms with Crippen LogP contribution in [0.25, 0.3) is 0 Å². The van der Waals surface area contributed by atoms with E-state index in [2.05, 4.69) is 62.0 Å². The fourth-order valence-corrected chi connectivity index (χ4v) is 2.80. The van der Waals surface area contributed by atoms with Gasteiger partial charge in [0.1, 0.15) is 0 Å². The molecule has 0 saturated heterocycles. The van der Waals surface area contributed by atoms with Crippen molar-refractivity contribution < 1.29 is 0 Å². The average Bonchev–Trinajstić information content (AvgIpc) is 2.38. The first kappa shape index (κ1) is 12.0. The van der Waals surface area contributed by atoms with Gasteiger partial charge in [0.25, 0.3) is 0 Å². The van der Waals surface area contributed by atoms with E-state index in [0.29, 0.717) is 5.25 Å². The molecule has 2 rings (SSSR count). The molecular weight excluding hydrogens is 224 g/mol. The van der Waals surface area contributed by atoms with E-state index in [9.17, 15) is 0 Å². The Morgan fingerprint density at radius 3 is 2.00 bits per heavy atom. The summed E-state index contributed by atoms with van der Waals surface area (Å²) in [7, 11) is 0. The van der Waals surface area contributed by atoms with Crippen LogP contribution < -0.4 is 0 Å². The van der Waals surface area contributed by atoms with Crippen LogP contribution in [0.1, 0.15) is 17.7 Å². The van der Waals surface area contributed by atoms with E-state index in [-0.39, 0.29) is 0 Å². The van der Waals surface area contributed by atoms with Crippen molar-refractivity contribution in [3.05, 3.63) is 78.4 Å². The van der Waals surface area contributed by atoms with E-state index in [1.807, 2.05) is 23.9 Å². The molecule has 0 heterocycles. The Labute approximate surface area is 107 Å². The summed E-state index contributed by atoms with van der Waals surface area (Å²) in [5.74, 6) is 0. The van der Waals surface area contributed by atoms with Crippen molar-refractivity contribution >= 4 is 11.8 Å². The predicted octanol–water partition coefficient (Wildman–Crippen LogP) is 5.10. The van der Waals surface area contributed by atoms with Crippen LogP contribution in [0, 0.1) is 0 Å². The Morgan fingerprint density at radius 1 is 0.941 bits per heavy atom. The minimum absolute atomic E-state index is 0.332. The number of rotatable bonds is 4. The van der Waals surface area contributed by atoms with Gasteiger partial charge in [-0.3, -0.25) is 0 Å². The van der Waals surface area contributed by atoms with E-state index in [1.54, 1.807) is 0 Å². The molecule has 0 amide bonds. The molecule has 1 atom stereocenters. The van der Waals surface area contributed by atoms with Crippen LogP contribution >= 0.6 is 11.8 Å². The molecule has 0 aromatic heterocycles. The quantitative estimate of drug-likeness (QED) is 0.529. The Hall–Kier alpha value is -1.47. The highest BCUT2D eigenvalue weighted by Crippen LogP contribution is 2.39. The van der Waals surface area contributed by atoms with E-state index in [0.717, 1.165) is 0 Å². The molecule has 17 heavy (non-hydrogen) atoms. The molecule has 0 aliphatic heterocycles. The van der Waals surface area contributed by atoms with Crippen LogP contribution in [0.5, 0.6) is 0 Å². The number of hydrogen-bond acceptors (Lipinski definition) is 1. The molecule has 0 N–H and O–H groups in total. The molecule has 0 spiro atoms. The van der Waals surface area contributed by atoms with Gasteiger partial charge in [0.15, 0.2) is 0 Å². The summed E-state index contributed by atoms with van der Waals surface area (Å²) >= 11 is 1.85. The molecule has 0 fully saturated rings. The lowest BCUT2D eigenvalue weighted by atomic mass is 10.1. The second-order valence-corrected chi connectivity index (χ2v) is 5.25. The van der Waals surface area contributed by atoms with Gasteiger partial charge in [0.2, 0.25) is 0 Å². The molecule has 1 unspecified atom stereocenters. The van der Waals surface area contributed by atoms with Gasteiger partial charge in [-0.1, -0.05) is 60.7 Å². The minimum atomic E-state index is 0.332. The summed E-state index contributed by atoms with van der Waals surface area (Å²) in [5.41, 5.74) is 2.50. The molecule has 1 heteroatoms. The maximum absolute atomic E-state index is 4.11. The van der Waals surface area contributed by atoms with Gasteiger partial charge in [-0.15, -0.1) is 11.8 Å². The van der Waals surface area contributed by atoms with Crippen molar-refractivity contribution in [2.75, 3.05) is 0 Å². The van der Waals surface area contributed by atoms with Crippen LogP contribution in [0.3, 0.4) is 0 Å². The first-order valence-electron chi connectivity index (χ1n) is 5.69. The SMILES string of the molecule is C=C(C)C(Sc1ccccc1)c1ccccc1. The van der Waals surface area contributed by atoms with Crippen LogP contribution in [0.2, 0.25) is 0 Å². The fourth-order valence-electron chi connectivity index (χ4n) is 1.72. The third-order valence-corrected chi connectivity index (χ3v) is 4.00. The summed E-state index contributed by atoms with van der Waals surface area (Å²) in [6.07, 6.45) is 0. The van der Waals surface area contributed by atoms with E-state index in [4.69, 9.17) is 0 Å². The highest BCUT2D eigenvalue weighted by molar-refractivity contribution is 7.99. The summed E-state index contributed by atoms with van der Waals surface area (Å²) in [5, 5.41) is 0.332. The summed E-state index contributed by atoms with van der Waals surface area (Å²) in [4.78, 5) is 1.28. The highest BCUT2D eigenvalue weighted by atomic mass is 32.2. The van der Waals surface area contributed by atoms with Crippen LogP contribution in [-0.4, -0.2) is 0 Å². The molecule has 0 nitrogen and oxygen atoms in total. The number of benzene rings is 2. The Kier molecular flexibility index (Phi) is 4.05. The van der Waals surface area contributed by atoms with Crippen molar-refractivity contribution in [2.24, 2.45) is 0 Å². The molecule has 0 aliphatic carbocycles. The molecule has 86 valence electrons. The van der Waals surface area contributed by atoms with Gasteiger partial charge in [-0.05, 0) is 24.6 Å². The lowest BCUT2D eigenvalue weighted by molar-refractivity contribution is 1.11. The van der Waals surface area contributed by atoms with Crippen LogP contribution in [0.15, 0.2) is 77.7 Å². The highest BCUT2D eigenvalue weighted by Gasteiger charge is 2.13. The van der Waals surface area contributed by atoms with Gasteiger partial charge < -0.3 is 0 Å². The van der Waals surface area contributed by atoms with Crippen molar-refractivity contribution in [1.29, 1.82) is 0 Å². The third kappa shape index (κ3) is 3.24. The minimum Gasteiger partial charge on any atom is -0.113 e. The molecule has 2 aromatic carbocycles. The summed E-state index contributed by atoms with van der Waals surface area (Å²) < 4.78 is 0. The van der Waals surface area contributed by atoms with Crippen molar-refractivity contribution in [1.82, 2.24) is 0 Å². The summed E-state index contributed by atoms with van der Waals surface area (Å²) in [6.45, 7) is 6.20. The molecule has 0 bridgehead atoms. The maximum Gasteiger partial charge on any atom is 0.0548 e.